The van der Waals surface area contributed by atoms with E-state index in [1.54, 1.807) is 20.8 Å². The van der Waals surface area contributed by atoms with Crippen LogP contribution in [0.3, 0.4) is 0 Å². The molecule has 3 atom stereocenters. The molecule has 184 valence electrons. The summed E-state index contributed by atoms with van der Waals surface area (Å²) in [6, 6.07) is 4.58. The number of hydrogen-bond acceptors (Lipinski definition) is 5. The molecule has 0 spiro atoms. The lowest BCUT2D eigenvalue weighted by Gasteiger charge is -2.29. The molecule has 0 aliphatic carbocycles. The number of rotatable bonds is 8. The van der Waals surface area contributed by atoms with Crippen molar-refractivity contribution < 1.29 is 24.2 Å². The number of aromatic nitrogens is 1. The molecular weight excluding hydrogens is 434 g/mol. The maximum atomic E-state index is 12.6. The van der Waals surface area contributed by atoms with Gasteiger partial charge in [-0.1, -0.05) is 26.0 Å². The first-order valence-electron chi connectivity index (χ1n) is 11.5. The summed E-state index contributed by atoms with van der Waals surface area (Å²) in [5.74, 6) is -0.903. The van der Waals surface area contributed by atoms with E-state index in [0.29, 0.717) is 12.8 Å². The Morgan fingerprint density at radius 2 is 1.88 bits per heavy atom. The molecule has 0 saturated carbocycles. The fourth-order valence-electron chi connectivity index (χ4n) is 4.23. The molecule has 1 fully saturated rings. The zero-order valence-corrected chi connectivity index (χ0v) is 20.7. The molecule has 1 saturated heterocycles. The number of ether oxygens (including phenoxy) is 1. The Morgan fingerprint density at radius 1 is 1.21 bits per heavy atom. The summed E-state index contributed by atoms with van der Waals surface area (Å²) in [6.45, 7) is 14.2. The zero-order chi connectivity index (χ0) is 25.4. The standard InChI is InChI=1S/C26H35N3O5/c1-8-25(4,5)22-18(13-20-24(32)27-14(2)23(31)29-20)17-11-16(9-10-19(17)28-22)12-21(26(6,7)33)34-15(3)30/h8-11,14,20-21,28,33H,1,12-13H2,2-7H3,(H,27,32)(H,29,31)/t14-,20-,21-/m0/s1. The van der Waals surface area contributed by atoms with Gasteiger partial charge in [-0.3, -0.25) is 14.4 Å². The minimum Gasteiger partial charge on any atom is -0.459 e. The van der Waals surface area contributed by atoms with Crippen molar-refractivity contribution in [1.82, 2.24) is 15.6 Å². The molecule has 0 bridgehead atoms. The van der Waals surface area contributed by atoms with E-state index in [1.165, 1.54) is 6.92 Å². The summed E-state index contributed by atoms with van der Waals surface area (Å²) in [5, 5.41) is 17.0. The Balaban J connectivity index is 2.06. The fourth-order valence-corrected chi connectivity index (χ4v) is 4.23. The van der Waals surface area contributed by atoms with Gasteiger partial charge in [0.1, 0.15) is 18.2 Å². The molecule has 2 aromatic rings. The van der Waals surface area contributed by atoms with Gasteiger partial charge >= 0.3 is 5.97 Å². The van der Waals surface area contributed by atoms with E-state index in [-0.39, 0.29) is 11.8 Å². The highest BCUT2D eigenvalue weighted by Crippen LogP contribution is 2.34. The lowest BCUT2D eigenvalue weighted by Crippen LogP contribution is -2.61. The van der Waals surface area contributed by atoms with E-state index in [1.807, 2.05) is 38.1 Å². The largest absolute Gasteiger partial charge is 0.459 e. The third-order valence-corrected chi connectivity index (χ3v) is 6.44. The number of benzene rings is 1. The van der Waals surface area contributed by atoms with Gasteiger partial charge < -0.3 is 25.5 Å². The van der Waals surface area contributed by atoms with E-state index < -0.39 is 35.2 Å². The highest BCUT2D eigenvalue weighted by molar-refractivity contribution is 5.97. The van der Waals surface area contributed by atoms with Crippen LogP contribution in [-0.4, -0.2) is 51.7 Å². The van der Waals surface area contributed by atoms with Crippen LogP contribution in [-0.2, 0) is 37.4 Å². The quantitative estimate of drug-likeness (QED) is 0.350. The van der Waals surface area contributed by atoms with Gasteiger partial charge in [-0.05, 0) is 44.0 Å². The molecule has 2 amide bonds. The third kappa shape index (κ3) is 5.33. The molecule has 0 unspecified atom stereocenters. The van der Waals surface area contributed by atoms with Crippen LogP contribution in [0.2, 0.25) is 0 Å². The minimum absolute atomic E-state index is 0.218. The number of esters is 1. The van der Waals surface area contributed by atoms with E-state index >= 15 is 0 Å². The van der Waals surface area contributed by atoms with Crippen LogP contribution in [0.4, 0.5) is 0 Å². The molecule has 2 heterocycles. The van der Waals surface area contributed by atoms with Crippen LogP contribution >= 0.6 is 0 Å². The molecular formula is C26H35N3O5. The van der Waals surface area contributed by atoms with Gasteiger partial charge in [0.25, 0.3) is 0 Å². The Kier molecular flexibility index (Phi) is 6.94. The van der Waals surface area contributed by atoms with Crippen molar-refractivity contribution >= 4 is 28.7 Å². The lowest BCUT2D eigenvalue weighted by atomic mass is 9.84. The highest BCUT2D eigenvalue weighted by Gasteiger charge is 2.34. The number of H-pyrrole nitrogens is 1. The number of carbonyl (C=O) groups is 3. The van der Waals surface area contributed by atoms with Gasteiger partial charge in [0.15, 0.2) is 0 Å². The number of carbonyl (C=O) groups excluding carboxylic acids is 3. The average molecular weight is 470 g/mol. The van der Waals surface area contributed by atoms with Crippen molar-refractivity contribution in [3.8, 4) is 0 Å². The molecule has 1 aromatic heterocycles. The monoisotopic (exact) mass is 469 g/mol. The smallest absolute Gasteiger partial charge is 0.303 e. The van der Waals surface area contributed by atoms with Crippen molar-refractivity contribution in [2.45, 2.75) is 83.6 Å². The molecule has 4 N–H and O–H groups in total. The number of allylic oxidation sites excluding steroid dienone is 1. The van der Waals surface area contributed by atoms with Crippen molar-refractivity contribution in [2.75, 3.05) is 0 Å². The third-order valence-electron chi connectivity index (χ3n) is 6.44. The predicted molar refractivity (Wildman–Crippen MR) is 130 cm³/mol. The number of aromatic amines is 1. The maximum Gasteiger partial charge on any atom is 0.303 e. The van der Waals surface area contributed by atoms with E-state index in [4.69, 9.17) is 4.74 Å². The van der Waals surface area contributed by atoms with Crippen LogP contribution < -0.4 is 10.6 Å². The highest BCUT2D eigenvalue weighted by atomic mass is 16.6. The first-order valence-corrected chi connectivity index (χ1v) is 11.5. The molecule has 8 heteroatoms. The number of piperazine rings is 1. The molecule has 1 aliphatic rings. The average Bonchev–Trinajstić information content (AvgIpc) is 3.09. The topological polar surface area (TPSA) is 121 Å². The van der Waals surface area contributed by atoms with Crippen LogP contribution in [0.1, 0.15) is 58.4 Å². The fraction of sp³-hybridized carbons (Fsp3) is 0.500. The summed E-state index contributed by atoms with van der Waals surface area (Å²) in [6.07, 6.45) is 1.74. The van der Waals surface area contributed by atoms with Gasteiger partial charge in [-0.25, -0.2) is 0 Å². The molecule has 8 nitrogen and oxygen atoms in total. The van der Waals surface area contributed by atoms with Gasteiger partial charge in [-0.15, -0.1) is 6.58 Å². The predicted octanol–water partition coefficient (Wildman–Crippen LogP) is 2.42. The van der Waals surface area contributed by atoms with Crippen molar-refractivity contribution in [3.05, 3.63) is 47.7 Å². The SMILES string of the molecule is C=CC(C)(C)c1[nH]c2ccc(C[C@H](OC(C)=O)C(C)(C)O)cc2c1C[C@@H]1NC(=O)[C@H](C)NC1=O. The van der Waals surface area contributed by atoms with Crippen molar-refractivity contribution in [1.29, 1.82) is 0 Å². The van der Waals surface area contributed by atoms with E-state index in [9.17, 15) is 19.5 Å². The Bertz CT molecular complexity index is 1130. The molecule has 1 aromatic carbocycles. The van der Waals surface area contributed by atoms with Gasteiger partial charge in [0.05, 0.1) is 5.60 Å². The second-order valence-electron chi connectivity index (χ2n) is 10.2. The number of aliphatic hydroxyl groups is 1. The van der Waals surface area contributed by atoms with E-state index in [2.05, 4.69) is 22.2 Å². The molecule has 0 radical (unpaired) electrons. The number of hydrogen-bond donors (Lipinski definition) is 4. The Morgan fingerprint density at radius 3 is 2.47 bits per heavy atom. The lowest BCUT2D eigenvalue weighted by molar-refractivity contribution is -0.159. The first kappa shape index (κ1) is 25.5. The maximum absolute atomic E-state index is 12.6. The Labute approximate surface area is 200 Å². The molecule has 1 aliphatic heterocycles. The van der Waals surface area contributed by atoms with E-state index in [0.717, 1.165) is 27.7 Å². The van der Waals surface area contributed by atoms with Crippen molar-refractivity contribution in [3.63, 3.8) is 0 Å². The van der Waals surface area contributed by atoms with Gasteiger partial charge in [-0.2, -0.15) is 0 Å². The molecule has 34 heavy (non-hydrogen) atoms. The summed E-state index contributed by atoms with van der Waals surface area (Å²) in [5.41, 5.74) is 1.93. The summed E-state index contributed by atoms with van der Waals surface area (Å²) in [7, 11) is 0. The Hall–Kier alpha value is -3.13. The van der Waals surface area contributed by atoms with Crippen LogP contribution in [0.25, 0.3) is 10.9 Å². The van der Waals surface area contributed by atoms with Crippen molar-refractivity contribution in [2.24, 2.45) is 0 Å². The number of nitrogens with one attached hydrogen (secondary N) is 3. The summed E-state index contributed by atoms with van der Waals surface area (Å²) < 4.78 is 5.38. The minimum atomic E-state index is -1.22. The summed E-state index contributed by atoms with van der Waals surface area (Å²) in [4.78, 5) is 39.9. The van der Waals surface area contributed by atoms with Crippen LogP contribution in [0, 0.1) is 0 Å². The van der Waals surface area contributed by atoms with Crippen LogP contribution in [0.15, 0.2) is 30.9 Å². The zero-order valence-electron chi connectivity index (χ0n) is 20.7. The summed E-state index contributed by atoms with van der Waals surface area (Å²) >= 11 is 0. The van der Waals surface area contributed by atoms with Gasteiger partial charge in [0.2, 0.25) is 11.8 Å². The molecule has 3 rings (SSSR count). The number of fused-ring (bicyclic) bond motifs is 1. The van der Waals surface area contributed by atoms with Gasteiger partial charge in [0, 0.05) is 41.8 Å². The normalized spacial score (nSPS) is 20.0. The first-order chi connectivity index (χ1) is 15.7. The second kappa shape index (κ2) is 9.25. The van der Waals surface area contributed by atoms with Crippen LogP contribution in [0.5, 0.6) is 0 Å². The second-order valence-corrected chi connectivity index (χ2v) is 10.2. The number of amides is 2.